The van der Waals surface area contributed by atoms with Crippen molar-refractivity contribution in [3.05, 3.63) is 106 Å². The van der Waals surface area contributed by atoms with Crippen molar-refractivity contribution in [1.82, 2.24) is 0 Å². The minimum Gasteiger partial charge on any atom is -0.179 e. The van der Waals surface area contributed by atoms with Crippen LogP contribution in [0, 0.1) is 12.1 Å². The number of benzene rings is 3. The maximum absolute atomic E-state index is 4.17. The first kappa shape index (κ1) is 25.9. The van der Waals surface area contributed by atoms with Crippen molar-refractivity contribution < 1.29 is 47.5 Å². The quantitative estimate of drug-likeness (QED) is 0.219. The van der Waals surface area contributed by atoms with Crippen LogP contribution in [0.2, 0.25) is 0 Å². The second-order valence-electron chi connectivity index (χ2n) is 6.45. The van der Waals surface area contributed by atoms with Gasteiger partial charge in [-0.2, -0.15) is 53.2 Å². The molecule has 6 rings (SSSR count). The fraction of sp³-hybridized carbons (Fsp3) is 0.0833. The van der Waals surface area contributed by atoms with E-state index in [1.54, 1.807) is 0 Å². The number of alkyl halides is 1. The van der Waals surface area contributed by atoms with Gasteiger partial charge in [0.05, 0.1) is 0 Å². The smallest absolute Gasteiger partial charge is 0.0253 e. The number of rotatable bonds is 0. The molecular weight excluding hydrogens is 594 g/mol. The molecular formula is C24H15BrCl2S2Zr-2. The van der Waals surface area contributed by atoms with E-state index in [9.17, 15) is 0 Å². The minimum atomic E-state index is 0. The van der Waals surface area contributed by atoms with Gasteiger partial charge in [0.2, 0.25) is 0 Å². The molecule has 0 spiro atoms. The van der Waals surface area contributed by atoms with Crippen molar-refractivity contribution in [1.29, 1.82) is 0 Å². The van der Waals surface area contributed by atoms with Crippen molar-refractivity contribution in [2.45, 2.75) is 10.6 Å². The molecule has 3 aromatic rings. The Labute approximate surface area is 221 Å². The summed E-state index contributed by atoms with van der Waals surface area (Å²) < 4.78 is 0.335. The van der Waals surface area contributed by atoms with Gasteiger partial charge in [0, 0.05) is 4.16 Å². The largest absolute Gasteiger partial charge is 0.179 e. The molecule has 1 atom stereocenters. The standard InChI is InChI=1S/C13H9.C11H6BrS.2ClH.S.Zr/c1-3-7-12-10(5-1)9-11-6-2-4-8-13(11)12;12-11-6-9-8-4-2-1-3-7(8)5-10(9)13-11;;;;/h1-5,7-8H,9H2;1-5,11H;2*1H;;/q2*-1;;;;+2/p-2. The second-order valence-corrected chi connectivity index (χ2v) is 9.11. The van der Waals surface area contributed by atoms with Crippen molar-refractivity contribution in [3.8, 4) is 11.1 Å². The van der Waals surface area contributed by atoms with Crippen molar-refractivity contribution in [2.24, 2.45) is 0 Å². The Morgan fingerprint density at radius 3 is 2.37 bits per heavy atom. The van der Waals surface area contributed by atoms with E-state index < -0.39 is 0 Å². The molecule has 150 valence electrons. The van der Waals surface area contributed by atoms with Crippen LogP contribution >= 0.6 is 36.5 Å². The number of thioether (sulfide) groups is 1. The summed E-state index contributed by atoms with van der Waals surface area (Å²) in [6.45, 7) is 0. The summed E-state index contributed by atoms with van der Waals surface area (Å²) in [5.41, 5.74) is 9.44. The van der Waals surface area contributed by atoms with Crippen LogP contribution < -0.4 is 24.8 Å². The van der Waals surface area contributed by atoms with Crippen LogP contribution in [0.3, 0.4) is 0 Å². The molecule has 1 unspecified atom stereocenters. The van der Waals surface area contributed by atoms with E-state index in [2.05, 4.69) is 104 Å². The summed E-state index contributed by atoms with van der Waals surface area (Å²) in [6.07, 6.45) is 6.69. The molecule has 3 aromatic carbocycles. The summed E-state index contributed by atoms with van der Waals surface area (Å²) in [7, 11) is 4.17. The van der Waals surface area contributed by atoms with E-state index in [4.69, 9.17) is 0 Å². The number of allylic oxidation sites excluding steroid dienone is 1. The molecule has 0 saturated heterocycles. The molecule has 1 aliphatic heterocycles. The topological polar surface area (TPSA) is 0 Å². The van der Waals surface area contributed by atoms with Crippen molar-refractivity contribution in [2.75, 3.05) is 0 Å². The van der Waals surface area contributed by atoms with Gasteiger partial charge in [-0.25, -0.2) is 0 Å². The molecule has 1 heterocycles. The van der Waals surface area contributed by atoms with E-state index in [1.807, 2.05) is 17.8 Å². The van der Waals surface area contributed by atoms with Crippen LogP contribution in [0.4, 0.5) is 0 Å². The molecule has 0 N–H and O–H groups in total. The molecule has 0 aromatic heterocycles. The molecule has 0 radical (unpaired) electrons. The van der Waals surface area contributed by atoms with E-state index >= 15 is 0 Å². The first-order valence-electron chi connectivity index (χ1n) is 8.83. The summed E-state index contributed by atoms with van der Waals surface area (Å²) in [6, 6.07) is 26.6. The van der Waals surface area contributed by atoms with Gasteiger partial charge in [0.15, 0.2) is 0 Å². The molecule has 0 saturated carbocycles. The van der Waals surface area contributed by atoms with Gasteiger partial charge in [-0.1, -0.05) is 80.0 Å². The van der Waals surface area contributed by atoms with Gasteiger partial charge in [-0.15, -0.1) is 23.3 Å². The third-order valence-corrected chi connectivity index (χ3v) is 6.56. The van der Waals surface area contributed by atoms with Crippen LogP contribution in [-0.2, 0) is 29.1 Å². The number of hydrogen-bond acceptors (Lipinski definition) is 2. The predicted molar refractivity (Wildman–Crippen MR) is 122 cm³/mol. The zero-order valence-corrected chi connectivity index (χ0v) is 22.9. The van der Waals surface area contributed by atoms with E-state index in [0.717, 1.165) is 29.1 Å². The molecule has 3 aliphatic rings. The van der Waals surface area contributed by atoms with Crippen molar-refractivity contribution in [3.63, 3.8) is 0 Å². The molecule has 2 aliphatic carbocycles. The van der Waals surface area contributed by atoms with Crippen LogP contribution in [0.5, 0.6) is 0 Å². The minimum absolute atomic E-state index is 0. The third kappa shape index (κ3) is 5.34. The van der Waals surface area contributed by atoms with E-state index in [-0.39, 0.29) is 24.8 Å². The molecule has 0 fully saturated rings. The van der Waals surface area contributed by atoms with Gasteiger partial charge >= 0.3 is 31.5 Å². The third-order valence-electron chi connectivity index (χ3n) is 4.87. The maximum Gasteiger partial charge on any atom is -0.0253 e. The van der Waals surface area contributed by atoms with Crippen LogP contribution in [0.25, 0.3) is 22.8 Å². The van der Waals surface area contributed by atoms with E-state index in [0.29, 0.717) is 4.16 Å². The number of hydrogen-bond donors (Lipinski definition) is 0. The van der Waals surface area contributed by atoms with Gasteiger partial charge in [-0.05, 0) is 6.42 Å². The van der Waals surface area contributed by atoms with E-state index in [1.165, 1.54) is 43.9 Å². The first-order valence-corrected chi connectivity index (χ1v) is 14.0. The SMILES string of the molecule is BrC1[C-]=C2C(=Cc3ccccc32)S1.[Cl-].[Cl-].[S]=[Zr+2].[c-]1cccc2c1Cc1ccccc1-2. The molecule has 0 nitrogen and oxygen atoms in total. The molecule has 0 amide bonds. The van der Waals surface area contributed by atoms with Crippen LogP contribution in [0.1, 0.15) is 22.3 Å². The molecule has 30 heavy (non-hydrogen) atoms. The first-order chi connectivity index (χ1) is 13.8. The Morgan fingerprint density at radius 1 is 0.900 bits per heavy atom. The Hall–Kier alpha value is -0.347. The summed E-state index contributed by atoms with van der Waals surface area (Å²) in [5.74, 6) is 0. The van der Waals surface area contributed by atoms with Gasteiger partial charge in [0.25, 0.3) is 0 Å². The molecule has 6 heteroatoms. The summed E-state index contributed by atoms with van der Waals surface area (Å²) >= 11 is 6.49. The Balaban J connectivity index is 0.000000186. The monoisotopic (exact) mass is 606 g/mol. The van der Waals surface area contributed by atoms with Crippen LogP contribution in [0.15, 0.2) is 71.6 Å². The van der Waals surface area contributed by atoms with Gasteiger partial charge < -0.3 is 24.8 Å². The maximum atomic E-state index is 4.17. The fourth-order valence-corrected chi connectivity index (χ4v) is 5.41. The Kier molecular flexibility index (Phi) is 10.4. The zero-order valence-electron chi connectivity index (χ0n) is 15.7. The Morgan fingerprint density at radius 2 is 1.57 bits per heavy atom. The summed E-state index contributed by atoms with van der Waals surface area (Å²) in [4.78, 5) is 1.35. The Bertz CT molecular complexity index is 1050. The normalized spacial score (nSPS) is 15.8. The van der Waals surface area contributed by atoms with Gasteiger partial charge in [-0.3, -0.25) is 0 Å². The number of halogens is 3. The second kappa shape index (κ2) is 12.0. The van der Waals surface area contributed by atoms with Crippen molar-refractivity contribution >= 4 is 48.2 Å². The summed E-state index contributed by atoms with van der Waals surface area (Å²) in [5, 5.41) is 0. The van der Waals surface area contributed by atoms with Crippen LogP contribution in [-0.4, -0.2) is 4.16 Å². The number of fused-ring (bicyclic) bond motifs is 6. The fourth-order valence-electron chi connectivity index (χ4n) is 3.69. The van der Waals surface area contributed by atoms with Gasteiger partial charge in [0.1, 0.15) is 0 Å². The average Bonchev–Trinajstić information content (AvgIpc) is 3.40. The predicted octanol–water partition coefficient (Wildman–Crippen LogP) is 1.41. The molecule has 0 bridgehead atoms. The average molecular weight is 610 g/mol. The zero-order chi connectivity index (χ0) is 19.5.